The quantitative estimate of drug-likeness (QED) is 0.257. The fourth-order valence-corrected chi connectivity index (χ4v) is 5.82. The van der Waals surface area contributed by atoms with Crippen LogP contribution in [-0.4, -0.2) is 13.9 Å². The van der Waals surface area contributed by atoms with Crippen molar-refractivity contribution >= 4 is 8.32 Å². The predicted molar refractivity (Wildman–Crippen MR) is 131 cm³/mol. The Kier molecular flexibility index (Phi) is 6.54. The van der Waals surface area contributed by atoms with Crippen molar-refractivity contribution in [3.05, 3.63) is 34.9 Å². The molecule has 3 heteroatoms. The van der Waals surface area contributed by atoms with Gasteiger partial charge in [-0.3, -0.25) is 0 Å². The van der Waals surface area contributed by atoms with E-state index >= 15 is 0 Å². The van der Waals surface area contributed by atoms with Gasteiger partial charge >= 0.3 is 0 Å². The number of hydrogen-bond donors (Lipinski definition) is 0. The van der Waals surface area contributed by atoms with Crippen LogP contribution >= 0.6 is 0 Å². The van der Waals surface area contributed by atoms with Crippen molar-refractivity contribution < 1.29 is 9.16 Å². The highest BCUT2D eigenvalue weighted by Gasteiger charge is 2.47. The SMILES string of the molecule is CCCCCc1cc2c(c(O[Si](C)(C)C(C)(C)C)c1)C1C=C(C)CCC1C(C)(C)O2. The van der Waals surface area contributed by atoms with Crippen LogP contribution in [-0.2, 0) is 6.42 Å². The molecule has 2 nitrogen and oxygen atoms in total. The standard InChI is InChI=1S/C27H44O2Si/c1-10-11-12-13-20-17-23-25(24(18-20)29-30(8,9)26(3,4)5)21-16-19(2)14-15-22(21)27(6,7)28-23/h16-18,21-22H,10-15H2,1-9H3. The molecule has 0 bridgehead atoms. The molecule has 0 N–H and O–H groups in total. The second-order valence-corrected chi connectivity index (χ2v) is 16.4. The summed E-state index contributed by atoms with van der Waals surface area (Å²) in [5, 5.41) is 0.171. The number of hydrogen-bond acceptors (Lipinski definition) is 2. The van der Waals surface area contributed by atoms with E-state index in [1.54, 1.807) is 0 Å². The summed E-state index contributed by atoms with van der Waals surface area (Å²) < 4.78 is 13.7. The fourth-order valence-electron chi connectivity index (χ4n) is 4.80. The van der Waals surface area contributed by atoms with Crippen molar-refractivity contribution in [3.8, 4) is 11.5 Å². The van der Waals surface area contributed by atoms with Gasteiger partial charge in [0, 0.05) is 17.4 Å². The Morgan fingerprint density at radius 3 is 2.50 bits per heavy atom. The number of rotatable bonds is 6. The summed E-state index contributed by atoms with van der Waals surface area (Å²) in [5.74, 6) is 3.06. The van der Waals surface area contributed by atoms with E-state index in [9.17, 15) is 0 Å². The fraction of sp³-hybridized carbons (Fsp3) is 0.704. The summed E-state index contributed by atoms with van der Waals surface area (Å²) >= 11 is 0. The molecule has 3 rings (SSSR count). The lowest BCUT2D eigenvalue weighted by Gasteiger charge is -2.47. The van der Waals surface area contributed by atoms with E-state index in [0.29, 0.717) is 11.8 Å². The maximum Gasteiger partial charge on any atom is 0.250 e. The molecule has 2 aliphatic rings. The minimum Gasteiger partial charge on any atom is -0.543 e. The van der Waals surface area contributed by atoms with Gasteiger partial charge in [0.1, 0.15) is 17.1 Å². The van der Waals surface area contributed by atoms with Gasteiger partial charge in [0.05, 0.1) is 0 Å². The summed E-state index contributed by atoms with van der Waals surface area (Å²) in [6.45, 7) is 20.8. The summed E-state index contributed by atoms with van der Waals surface area (Å²) in [6, 6.07) is 4.67. The number of unbranched alkanes of at least 4 members (excludes halogenated alkanes) is 2. The van der Waals surface area contributed by atoms with Gasteiger partial charge in [-0.2, -0.15) is 0 Å². The molecule has 1 aromatic rings. The van der Waals surface area contributed by atoms with Crippen LogP contribution in [0.25, 0.3) is 0 Å². The Morgan fingerprint density at radius 1 is 1.17 bits per heavy atom. The number of ether oxygens (including phenoxy) is 1. The summed E-state index contributed by atoms with van der Waals surface area (Å²) in [6.07, 6.45) is 9.72. The van der Waals surface area contributed by atoms with Gasteiger partial charge in [-0.15, -0.1) is 0 Å². The third-order valence-electron chi connectivity index (χ3n) is 7.75. The van der Waals surface area contributed by atoms with Crippen molar-refractivity contribution in [1.82, 2.24) is 0 Å². The zero-order chi connectivity index (χ0) is 22.3. The van der Waals surface area contributed by atoms with E-state index in [0.717, 1.165) is 17.9 Å². The van der Waals surface area contributed by atoms with Crippen molar-refractivity contribution in [2.45, 2.75) is 117 Å². The van der Waals surface area contributed by atoms with Crippen LogP contribution in [0.2, 0.25) is 18.1 Å². The molecular formula is C27H44O2Si. The molecule has 0 saturated heterocycles. The maximum absolute atomic E-state index is 6.99. The summed E-state index contributed by atoms with van der Waals surface area (Å²) in [5.41, 5.74) is 4.03. The van der Waals surface area contributed by atoms with Gasteiger partial charge in [0.15, 0.2) is 0 Å². The van der Waals surface area contributed by atoms with Crippen LogP contribution in [0.4, 0.5) is 0 Å². The molecule has 1 aromatic carbocycles. The second kappa shape index (κ2) is 8.37. The third kappa shape index (κ3) is 4.66. The molecule has 0 fully saturated rings. The Labute approximate surface area is 186 Å². The van der Waals surface area contributed by atoms with E-state index in [4.69, 9.17) is 9.16 Å². The van der Waals surface area contributed by atoms with Crippen LogP contribution in [0.1, 0.15) is 97.6 Å². The van der Waals surface area contributed by atoms with Crippen molar-refractivity contribution in [2.75, 3.05) is 0 Å². The monoisotopic (exact) mass is 428 g/mol. The first-order chi connectivity index (χ1) is 13.9. The van der Waals surface area contributed by atoms with Crippen molar-refractivity contribution in [2.24, 2.45) is 5.92 Å². The summed E-state index contributed by atoms with van der Waals surface area (Å²) in [7, 11) is -1.95. The first kappa shape index (κ1) is 23.4. The molecule has 1 aliphatic carbocycles. The number of benzene rings is 1. The number of fused-ring (bicyclic) bond motifs is 3. The van der Waals surface area contributed by atoms with Crippen LogP contribution in [0.15, 0.2) is 23.8 Å². The Hall–Kier alpha value is -1.22. The van der Waals surface area contributed by atoms with E-state index in [1.165, 1.54) is 48.8 Å². The molecule has 1 aliphatic heterocycles. The molecule has 0 aromatic heterocycles. The van der Waals surface area contributed by atoms with Gasteiger partial charge in [0.2, 0.25) is 8.32 Å². The van der Waals surface area contributed by atoms with Crippen LogP contribution < -0.4 is 9.16 Å². The molecule has 168 valence electrons. The topological polar surface area (TPSA) is 18.5 Å². The summed E-state index contributed by atoms with van der Waals surface area (Å²) in [4.78, 5) is 0. The Morgan fingerprint density at radius 2 is 1.87 bits per heavy atom. The Bertz CT molecular complexity index is 798. The molecule has 0 radical (unpaired) electrons. The van der Waals surface area contributed by atoms with Gasteiger partial charge in [0.25, 0.3) is 0 Å². The highest BCUT2D eigenvalue weighted by molar-refractivity contribution is 6.74. The van der Waals surface area contributed by atoms with Crippen molar-refractivity contribution in [1.29, 1.82) is 0 Å². The first-order valence-electron chi connectivity index (χ1n) is 12.1. The molecule has 0 amide bonds. The maximum atomic E-state index is 6.99. The molecule has 2 unspecified atom stereocenters. The minimum absolute atomic E-state index is 0.148. The van der Waals surface area contributed by atoms with E-state index in [-0.39, 0.29) is 10.6 Å². The lowest BCUT2D eigenvalue weighted by Crippen LogP contribution is -2.47. The minimum atomic E-state index is -1.95. The first-order valence-corrected chi connectivity index (χ1v) is 15.0. The van der Waals surface area contributed by atoms with E-state index < -0.39 is 8.32 Å². The highest BCUT2D eigenvalue weighted by atomic mass is 28.4. The molecule has 1 heterocycles. The van der Waals surface area contributed by atoms with Gasteiger partial charge < -0.3 is 9.16 Å². The third-order valence-corrected chi connectivity index (χ3v) is 12.1. The zero-order valence-corrected chi connectivity index (χ0v) is 21.9. The largest absolute Gasteiger partial charge is 0.543 e. The average molecular weight is 429 g/mol. The van der Waals surface area contributed by atoms with Crippen LogP contribution in [0.3, 0.4) is 0 Å². The van der Waals surface area contributed by atoms with E-state index in [2.05, 4.69) is 79.8 Å². The Balaban J connectivity index is 2.12. The van der Waals surface area contributed by atoms with Crippen LogP contribution in [0.5, 0.6) is 11.5 Å². The normalized spacial score (nSPS) is 23.2. The zero-order valence-electron chi connectivity index (χ0n) is 20.9. The predicted octanol–water partition coefficient (Wildman–Crippen LogP) is 8.41. The smallest absolute Gasteiger partial charge is 0.250 e. The molecule has 30 heavy (non-hydrogen) atoms. The number of aryl methyl sites for hydroxylation is 1. The lowest BCUT2D eigenvalue weighted by molar-refractivity contribution is 0.0110. The second-order valence-electron chi connectivity index (χ2n) is 11.7. The number of allylic oxidation sites excluding steroid dienone is 2. The van der Waals surface area contributed by atoms with Gasteiger partial charge in [-0.05, 0) is 82.3 Å². The van der Waals surface area contributed by atoms with Crippen molar-refractivity contribution in [3.63, 3.8) is 0 Å². The molecule has 0 saturated carbocycles. The van der Waals surface area contributed by atoms with Gasteiger partial charge in [-0.25, -0.2) is 0 Å². The lowest BCUT2D eigenvalue weighted by atomic mass is 9.68. The van der Waals surface area contributed by atoms with E-state index in [1.807, 2.05) is 0 Å². The van der Waals surface area contributed by atoms with Gasteiger partial charge in [-0.1, -0.05) is 52.2 Å². The molecule has 2 atom stereocenters. The molecule has 0 spiro atoms. The molecular weight excluding hydrogens is 384 g/mol. The average Bonchev–Trinajstić information content (AvgIpc) is 2.59. The highest BCUT2D eigenvalue weighted by Crippen LogP contribution is 2.54. The van der Waals surface area contributed by atoms with Crippen LogP contribution in [0, 0.1) is 5.92 Å².